The Kier molecular flexibility index (Phi) is 5.82. The maximum atomic E-state index is 12.4. The van der Waals surface area contributed by atoms with Crippen LogP contribution in [0.1, 0.15) is 18.9 Å². The first-order valence-corrected chi connectivity index (χ1v) is 7.78. The highest BCUT2D eigenvalue weighted by Crippen LogP contribution is 2.29. The Morgan fingerprint density at radius 3 is 2.25 bits per heavy atom. The van der Waals surface area contributed by atoms with E-state index in [2.05, 4.69) is 10.0 Å². The van der Waals surface area contributed by atoms with Gasteiger partial charge < -0.3 is 5.32 Å². The van der Waals surface area contributed by atoms with Gasteiger partial charge in [-0.1, -0.05) is 6.92 Å². The molecule has 0 spiro atoms. The third-order valence-corrected chi connectivity index (χ3v) is 3.88. The van der Waals surface area contributed by atoms with Crippen molar-refractivity contribution in [1.29, 1.82) is 0 Å². The highest BCUT2D eigenvalue weighted by molar-refractivity contribution is 7.92. The van der Waals surface area contributed by atoms with E-state index in [-0.39, 0.29) is 11.4 Å². The molecule has 2 N–H and O–H groups in total. The van der Waals surface area contributed by atoms with Crippen LogP contribution in [-0.2, 0) is 16.2 Å². The van der Waals surface area contributed by atoms with Crippen molar-refractivity contribution in [2.45, 2.75) is 19.5 Å². The fourth-order valence-corrected chi connectivity index (χ4v) is 2.64. The molecule has 0 aliphatic carbocycles. The van der Waals surface area contributed by atoms with Gasteiger partial charge in [-0.3, -0.25) is 4.72 Å². The number of hydrogen-bond donors (Lipinski definition) is 2. The fourth-order valence-electron chi connectivity index (χ4n) is 1.52. The smallest absolute Gasteiger partial charge is 0.317 e. The molecular formula is C12H17F3N2O2S. The summed E-state index contributed by atoms with van der Waals surface area (Å²) < 4.78 is 62.7. The first-order valence-electron chi connectivity index (χ1n) is 6.13. The van der Waals surface area contributed by atoms with Crippen LogP contribution in [0.3, 0.4) is 0 Å². The molecule has 1 aromatic carbocycles. The van der Waals surface area contributed by atoms with Gasteiger partial charge in [-0.25, -0.2) is 8.42 Å². The Bertz CT molecular complexity index is 512. The average molecular weight is 310 g/mol. The molecule has 0 aliphatic rings. The van der Waals surface area contributed by atoms with E-state index in [0.29, 0.717) is 13.0 Å². The lowest BCUT2D eigenvalue weighted by Gasteiger charge is -2.10. The number of nitrogens with one attached hydrogen (secondary N) is 2. The second-order valence-electron chi connectivity index (χ2n) is 4.20. The molecule has 0 atom stereocenters. The van der Waals surface area contributed by atoms with Crippen molar-refractivity contribution in [2.75, 3.05) is 23.6 Å². The van der Waals surface area contributed by atoms with Gasteiger partial charge in [-0.05, 0) is 43.8 Å². The number of anilines is 1. The lowest BCUT2D eigenvalue weighted by atomic mass is 10.2. The van der Waals surface area contributed by atoms with Crippen LogP contribution in [-0.4, -0.2) is 27.3 Å². The molecule has 20 heavy (non-hydrogen) atoms. The van der Waals surface area contributed by atoms with Gasteiger partial charge in [0.15, 0.2) is 0 Å². The maximum absolute atomic E-state index is 12.4. The molecule has 1 rings (SSSR count). The third kappa shape index (κ3) is 5.79. The summed E-state index contributed by atoms with van der Waals surface area (Å²) in [6.45, 7) is 3.24. The monoisotopic (exact) mass is 310 g/mol. The summed E-state index contributed by atoms with van der Waals surface area (Å²) in [5, 5.41) is 2.99. The van der Waals surface area contributed by atoms with E-state index >= 15 is 0 Å². The van der Waals surface area contributed by atoms with E-state index in [1.54, 1.807) is 0 Å². The lowest BCUT2D eigenvalue weighted by Crippen LogP contribution is -2.21. The highest BCUT2D eigenvalue weighted by Gasteiger charge is 2.30. The van der Waals surface area contributed by atoms with Crippen molar-refractivity contribution in [3.05, 3.63) is 29.8 Å². The minimum absolute atomic E-state index is 0.0823. The zero-order valence-corrected chi connectivity index (χ0v) is 11.8. The van der Waals surface area contributed by atoms with E-state index in [1.807, 2.05) is 6.92 Å². The number of sulfonamides is 1. The zero-order valence-electron chi connectivity index (χ0n) is 11.0. The van der Waals surface area contributed by atoms with E-state index in [1.165, 1.54) is 0 Å². The van der Waals surface area contributed by atoms with Gasteiger partial charge in [0.2, 0.25) is 10.0 Å². The molecule has 0 saturated heterocycles. The molecule has 8 heteroatoms. The molecule has 0 amide bonds. The zero-order chi connectivity index (χ0) is 15.2. The number of benzene rings is 1. The van der Waals surface area contributed by atoms with Crippen molar-refractivity contribution >= 4 is 15.7 Å². The molecule has 0 bridgehead atoms. The van der Waals surface area contributed by atoms with Gasteiger partial charge >= 0.3 is 6.18 Å². The molecule has 0 fully saturated rings. The van der Waals surface area contributed by atoms with Crippen LogP contribution < -0.4 is 10.0 Å². The van der Waals surface area contributed by atoms with Gasteiger partial charge in [0.1, 0.15) is 0 Å². The van der Waals surface area contributed by atoms with Gasteiger partial charge in [-0.15, -0.1) is 0 Å². The van der Waals surface area contributed by atoms with Crippen LogP contribution in [0.2, 0.25) is 0 Å². The number of halogens is 3. The van der Waals surface area contributed by atoms with Gasteiger partial charge in [0.25, 0.3) is 0 Å². The predicted octanol–water partition coefficient (Wildman–Crippen LogP) is 2.45. The minimum Gasteiger partial charge on any atom is -0.317 e. The molecule has 0 heterocycles. The van der Waals surface area contributed by atoms with Crippen LogP contribution in [0.25, 0.3) is 0 Å². The van der Waals surface area contributed by atoms with E-state index in [9.17, 15) is 21.6 Å². The molecule has 114 valence electrons. The second-order valence-corrected chi connectivity index (χ2v) is 6.05. The molecule has 1 aromatic rings. The summed E-state index contributed by atoms with van der Waals surface area (Å²) in [6.07, 6.45) is -3.99. The number of hydrogen-bond acceptors (Lipinski definition) is 3. The minimum atomic E-state index is -4.43. The Labute approximate surface area is 116 Å². The predicted molar refractivity (Wildman–Crippen MR) is 72.0 cm³/mol. The standard InChI is InChI=1S/C12H17F3N2O2S/c1-2-16-8-3-9-20(18,19)17-11-6-4-10(5-7-11)12(13,14)15/h4-7,16-17H,2-3,8-9H2,1H3. The SMILES string of the molecule is CCNCCCS(=O)(=O)Nc1ccc(C(F)(F)F)cc1. The summed E-state index contributed by atoms with van der Waals surface area (Å²) >= 11 is 0. The normalized spacial score (nSPS) is 12.4. The molecule has 0 aliphatic heterocycles. The average Bonchev–Trinajstić information content (AvgIpc) is 2.34. The fraction of sp³-hybridized carbons (Fsp3) is 0.500. The molecular weight excluding hydrogens is 293 g/mol. The first kappa shape index (κ1) is 16.8. The molecule has 0 aromatic heterocycles. The van der Waals surface area contributed by atoms with Crippen LogP contribution in [0.4, 0.5) is 18.9 Å². The molecule has 0 saturated carbocycles. The topological polar surface area (TPSA) is 58.2 Å². The highest BCUT2D eigenvalue weighted by atomic mass is 32.2. The molecule has 0 unspecified atom stereocenters. The summed E-state index contributed by atoms with van der Waals surface area (Å²) in [5.41, 5.74) is -0.686. The van der Waals surface area contributed by atoms with Crippen molar-refractivity contribution < 1.29 is 21.6 Å². The van der Waals surface area contributed by atoms with Crippen LogP contribution in [0.15, 0.2) is 24.3 Å². The number of alkyl halides is 3. The first-order chi connectivity index (χ1) is 9.24. The van der Waals surface area contributed by atoms with Gasteiger partial charge in [-0.2, -0.15) is 13.2 Å². The van der Waals surface area contributed by atoms with E-state index < -0.39 is 21.8 Å². The quantitative estimate of drug-likeness (QED) is 0.761. The van der Waals surface area contributed by atoms with Crippen molar-refractivity contribution in [2.24, 2.45) is 0 Å². The van der Waals surface area contributed by atoms with Gasteiger partial charge in [0, 0.05) is 5.69 Å². The summed E-state index contributed by atoms with van der Waals surface area (Å²) in [4.78, 5) is 0. The van der Waals surface area contributed by atoms with Crippen molar-refractivity contribution in [3.8, 4) is 0 Å². The Hall–Kier alpha value is -1.28. The van der Waals surface area contributed by atoms with Crippen LogP contribution >= 0.6 is 0 Å². The molecule has 0 radical (unpaired) electrons. The maximum Gasteiger partial charge on any atom is 0.416 e. The Morgan fingerprint density at radius 2 is 1.75 bits per heavy atom. The van der Waals surface area contributed by atoms with Crippen molar-refractivity contribution in [1.82, 2.24) is 5.32 Å². The summed E-state index contributed by atoms with van der Waals surface area (Å²) in [7, 11) is -3.53. The van der Waals surface area contributed by atoms with E-state index in [4.69, 9.17) is 0 Å². The van der Waals surface area contributed by atoms with Crippen LogP contribution in [0.5, 0.6) is 0 Å². The Morgan fingerprint density at radius 1 is 1.15 bits per heavy atom. The third-order valence-electron chi connectivity index (χ3n) is 2.50. The Balaban J connectivity index is 2.59. The second kappa shape index (κ2) is 6.94. The summed E-state index contributed by atoms with van der Waals surface area (Å²) in [6, 6.07) is 3.89. The lowest BCUT2D eigenvalue weighted by molar-refractivity contribution is -0.137. The van der Waals surface area contributed by atoms with Gasteiger partial charge in [0.05, 0.1) is 11.3 Å². The van der Waals surface area contributed by atoms with E-state index in [0.717, 1.165) is 30.8 Å². The van der Waals surface area contributed by atoms with Crippen molar-refractivity contribution in [3.63, 3.8) is 0 Å². The molecule has 4 nitrogen and oxygen atoms in total. The van der Waals surface area contributed by atoms with Crippen LogP contribution in [0, 0.1) is 0 Å². The summed E-state index contributed by atoms with van der Waals surface area (Å²) in [5.74, 6) is -0.0823. The number of rotatable bonds is 7. The largest absolute Gasteiger partial charge is 0.416 e.